The Morgan fingerprint density at radius 1 is 1.43 bits per heavy atom. The summed E-state index contributed by atoms with van der Waals surface area (Å²) in [4.78, 5) is 25.4. The van der Waals surface area contributed by atoms with Crippen molar-refractivity contribution in [3.05, 3.63) is 20.8 Å². The van der Waals surface area contributed by atoms with Crippen LogP contribution in [0, 0.1) is 5.92 Å². The zero-order valence-corrected chi connectivity index (χ0v) is 12.6. The molecule has 2 rings (SSSR count). The second-order valence-electron chi connectivity index (χ2n) is 6.01. The lowest BCUT2D eigenvalue weighted by Gasteiger charge is -2.36. The summed E-state index contributed by atoms with van der Waals surface area (Å²) in [6.45, 7) is 2.42. The van der Waals surface area contributed by atoms with Gasteiger partial charge < -0.3 is 16.2 Å². The zero-order valence-electron chi connectivity index (χ0n) is 12.6. The van der Waals surface area contributed by atoms with Gasteiger partial charge in [0.1, 0.15) is 11.5 Å². The first-order valence-electron chi connectivity index (χ1n) is 7.41. The van der Waals surface area contributed by atoms with E-state index in [9.17, 15) is 14.7 Å². The molecule has 0 aliphatic heterocycles. The molecule has 1 heterocycles. The minimum absolute atomic E-state index is 0.0783. The van der Waals surface area contributed by atoms with E-state index in [4.69, 9.17) is 5.73 Å². The van der Waals surface area contributed by atoms with Crippen LogP contribution in [0.5, 0.6) is 0 Å². The fourth-order valence-electron chi connectivity index (χ4n) is 2.86. The van der Waals surface area contributed by atoms with Gasteiger partial charge in [-0.05, 0) is 31.6 Å². The van der Waals surface area contributed by atoms with Gasteiger partial charge in [0.2, 0.25) is 0 Å². The van der Waals surface area contributed by atoms with Gasteiger partial charge in [-0.3, -0.25) is 14.3 Å². The number of aromatic nitrogens is 2. The van der Waals surface area contributed by atoms with Gasteiger partial charge in [-0.2, -0.15) is 0 Å². The van der Waals surface area contributed by atoms with Gasteiger partial charge in [0.05, 0.1) is 5.60 Å². The molecule has 1 fully saturated rings. The van der Waals surface area contributed by atoms with Crippen molar-refractivity contribution < 1.29 is 5.11 Å². The maximum atomic E-state index is 11.8. The maximum Gasteiger partial charge on any atom is 0.329 e. The highest BCUT2D eigenvalue weighted by Crippen LogP contribution is 2.33. The van der Waals surface area contributed by atoms with Crippen LogP contribution in [-0.4, -0.2) is 26.8 Å². The molecule has 0 unspecified atom stereocenters. The average molecular weight is 296 g/mol. The van der Waals surface area contributed by atoms with Gasteiger partial charge >= 0.3 is 5.69 Å². The molecule has 21 heavy (non-hydrogen) atoms. The van der Waals surface area contributed by atoms with Crippen LogP contribution in [0.15, 0.2) is 9.59 Å². The third-order valence-corrected chi connectivity index (χ3v) is 4.58. The van der Waals surface area contributed by atoms with Crippen LogP contribution in [-0.2, 0) is 7.05 Å². The number of nitrogens with two attached hydrogens (primary N) is 1. The lowest BCUT2D eigenvalue weighted by Crippen LogP contribution is -2.42. The Labute approximate surface area is 123 Å². The van der Waals surface area contributed by atoms with Crippen LogP contribution in [0.1, 0.15) is 39.0 Å². The number of H-pyrrole nitrogens is 1. The highest BCUT2D eigenvalue weighted by molar-refractivity contribution is 5.60. The molecule has 0 radical (unpaired) electrons. The van der Waals surface area contributed by atoms with E-state index in [0.29, 0.717) is 18.8 Å². The minimum Gasteiger partial charge on any atom is -0.388 e. The van der Waals surface area contributed by atoms with Crippen molar-refractivity contribution >= 4 is 11.5 Å². The number of nitrogens with one attached hydrogen (secondary N) is 2. The van der Waals surface area contributed by atoms with E-state index in [2.05, 4.69) is 17.2 Å². The minimum atomic E-state index is -0.820. The van der Waals surface area contributed by atoms with Crippen molar-refractivity contribution in [1.82, 2.24) is 9.55 Å². The van der Waals surface area contributed by atoms with Crippen molar-refractivity contribution in [2.45, 2.75) is 44.6 Å². The molecule has 0 aromatic carbocycles. The molecule has 1 aromatic rings. The van der Waals surface area contributed by atoms with Crippen LogP contribution in [0.4, 0.5) is 11.5 Å². The predicted octanol–water partition coefficient (Wildman–Crippen LogP) is 0.399. The fraction of sp³-hybridized carbons (Fsp3) is 0.714. The Morgan fingerprint density at radius 2 is 2.05 bits per heavy atom. The summed E-state index contributed by atoms with van der Waals surface area (Å²) < 4.78 is 1.17. The molecule has 118 valence electrons. The molecule has 0 bridgehead atoms. The lowest BCUT2D eigenvalue weighted by molar-refractivity contribution is 0.00228. The molecular formula is C14H24N4O3. The molecule has 0 saturated heterocycles. The molecule has 1 aromatic heterocycles. The summed E-state index contributed by atoms with van der Waals surface area (Å²) in [6, 6.07) is 0. The van der Waals surface area contributed by atoms with Crippen LogP contribution in [0.25, 0.3) is 0 Å². The smallest absolute Gasteiger partial charge is 0.329 e. The normalized spacial score (nSPS) is 25.8. The summed E-state index contributed by atoms with van der Waals surface area (Å²) in [5.74, 6) is 0.755. The Bertz CT molecular complexity index is 612. The number of aromatic amines is 1. The molecule has 7 heteroatoms. The first-order chi connectivity index (χ1) is 9.86. The molecule has 0 atom stereocenters. The average Bonchev–Trinajstić information content (AvgIpc) is 2.45. The van der Waals surface area contributed by atoms with Crippen molar-refractivity contribution in [3.63, 3.8) is 0 Å². The highest BCUT2D eigenvalue weighted by atomic mass is 16.3. The first-order valence-corrected chi connectivity index (χ1v) is 7.41. The highest BCUT2D eigenvalue weighted by Gasteiger charge is 2.32. The van der Waals surface area contributed by atoms with Crippen molar-refractivity contribution in [2.75, 3.05) is 17.6 Å². The third kappa shape index (κ3) is 3.29. The van der Waals surface area contributed by atoms with Crippen LogP contribution < -0.4 is 22.3 Å². The van der Waals surface area contributed by atoms with Gasteiger partial charge in [0, 0.05) is 13.6 Å². The Hall–Kier alpha value is -1.76. The van der Waals surface area contributed by atoms with Crippen LogP contribution in [0.3, 0.4) is 0 Å². The number of nitrogens with zero attached hydrogens (tertiary/aromatic N) is 1. The zero-order chi connectivity index (χ0) is 15.6. The third-order valence-electron chi connectivity index (χ3n) is 4.58. The summed E-state index contributed by atoms with van der Waals surface area (Å²) >= 11 is 0. The van der Waals surface area contributed by atoms with Crippen molar-refractivity contribution in [3.8, 4) is 0 Å². The number of rotatable bonds is 4. The number of hydrogen-bond donors (Lipinski definition) is 4. The maximum absolute atomic E-state index is 11.8. The Kier molecular flexibility index (Phi) is 4.41. The van der Waals surface area contributed by atoms with Crippen molar-refractivity contribution in [1.29, 1.82) is 0 Å². The molecule has 0 amide bonds. The topological polar surface area (TPSA) is 113 Å². The lowest BCUT2D eigenvalue weighted by atomic mass is 9.78. The first kappa shape index (κ1) is 15.6. The summed E-state index contributed by atoms with van der Waals surface area (Å²) in [6.07, 6.45) is 4.54. The van der Waals surface area contributed by atoms with E-state index < -0.39 is 16.9 Å². The molecule has 7 nitrogen and oxygen atoms in total. The number of hydrogen-bond acceptors (Lipinski definition) is 5. The molecule has 0 spiro atoms. The number of anilines is 2. The second-order valence-corrected chi connectivity index (χ2v) is 6.01. The summed E-state index contributed by atoms with van der Waals surface area (Å²) in [5, 5.41) is 13.5. The standard InChI is InChI=1S/C14H24N4O3/c1-3-9-4-6-14(21,7-5-9)8-16-10-11(15)18(2)13(20)17-12(10)19/h9,16,21H,3-8,15H2,1-2H3,(H,17,19,20). The van der Waals surface area contributed by atoms with E-state index >= 15 is 0 Å². The largest absolute Gasteiger partial charge is 0.388 e. The Morgan fingerprint density at radius 3 is 2.62 bits per heavy atom. The predicted molar refractivity (Wildman–Crippen MR) is 82.4 cm³/mol. The van der Waals surface area contributed by atoms with E-state index in [1.54, 1.807) is 0 Å². The number of nitrogen functional groups attached to an aromatic ring is 1. The SMILES string of the molecule is CCC1CCC(O)(CNc2c(N)n(C)c(=O)[nH]c2=O)CC1. The van der Waals surface area contributed by atoms with E-state index in [0.717, 1.165) is 19.3 Å². The molecule has 1 saturated carbocycles. The van der Waals surface area contributed by atoms with E-state index in [1.807, 2.05) is 0 Å². The van der Waals surface area contributed by atoms with Gasteiger partial charge in [-0.15, -0.1) is 0 Å². The molecule has 5 N–H and O–H groups in total. The van der Waals surface area contributed by atoms with Crippen LogP contribution in [0.2, 0.25) is 0 Å². The summed E-state index contributed by atoms with van der Waals surface area (Å²) in [5.41, 5.74) is 4.00. The van der Waals surface area contributed by atoms with Crippen molar-refractivity contribution in [2.24, 2.45) is 13.0 Å². The molecule has 1 aliphatic rings. The quantitative estimate of drug-likeness (QED) is 0.642. The van der Waals surface area contributed by atoms with Crippen LogP contribution >= 0.6 is 0 Å². The van der Waals surface area contributed by atoms with Gasteiger partial charge in [0.25, 0.3) is 5.56 Å². The van der Waals surface area contributed by atoms with E-state index in [1.165, 1.54) is 11.6 Å². The second kappa shape index (κ2) is 5.93. The van der Waals surface area contributed by atoms with Gasteiger partial charge in [-0.25, -0.2) is 4.79 Å². The monoisotopic (exact) mass is 296 g/mol. The van der Waals surface area contributed by atoms with E-state index in [-0.39, 0.29) is 18.1 Å². The number of aliphatic hydroxyl groups is 1. The molecule has 1 aliphatic carbocycles. The van der Waals surface area contributed by atoms with Gasteiger partial charge in [0.15, 0.2) is 0 Å². The fourth-order valence-corrected chi connectivity index (χ4v) is 2.86. The summed E-state index contributed by atoms with van der Waals surface area (Å²) in [7, 11) is 1.49. The van der Waals surface area contributed by atoms with Gasteiger partial charge in [-0.1, -0.05) is 13.3 Å². The molecular weight excluding hydrogens is 272 g/mol. The Balaban J connectivity index is 2.09.